The second-order valence-electron chi connectivity index (χ2n) is 2.88. The summed E-state index contributed by atoms with van der Waals surface area (Å²) in [4.78, 5) is 1.03. The summed E-state index contributed by atoms with van der Waals surface area (Å²) in [6, 6.07) is 6.03. The van der Waals surface area contributed by atoms with E-state index in [4.69, 9.17) is 22.3 Å². The molecule has 1 aromatic rings. The predicted molar refractivity (Wildman–Crippen MR) is 66.9 cm³/mol. The van der Waals surface area contributed by atoms with E-state index in [1.165, 1.54) is 16.5 Å². The van der Waals surface area contributed by atoms with Crippen molar-refractivity contribution in [2.45, 2.75) is 11.8 Å². The monoisotopic (exact) mass is 244 g/mol. The fourth-order valence-corrected chi connectivity index (χ4v) is 1.67. The highest BCUT2D eigenvalue weighted by Crippen LogP contribution is 2.25. The first-order valence-corrected chi connectivity index (χ1v) is 6.07. The van der Waals surface area contributed by atoms with E-state index in [0.717, 1.165) is 10.5 Å². The summed E-state index contributed by atoms with van der Waals surface area (Å²) in [5.74, 6) is 0. The molecule has 0 aromatic heterocycles. The highest BCUT2D eigenvalue weighted by molar-refractivity contribution is 8.21. The van der Waals surface area contributed by atoms with E-state index >= 15 is 0 Å². The van der Waals surface area contributed by atoms with Gasteiger partial charge in [-0.2, -0.15) is 0 Å². The summed E-state index contributed by atoms with van der Waals surface area (Å²) < 4.78 is 0. The standard InChI is InChI=1S/C11H10Cl2S/c1-8-3-6-11(14-13)7-10(8)5-4-9(2)12/h3-7H,2H2,1H3/b5-4-. The Morgan fingerprint density at radius 2 is 2.21 bits per heavy atom. The Bertz CT molecular complexity index is 370. The molecule has 3 heteroatoms. The molecule has 0 nitrogen and oxygen atoms in total. The fourth-order valence-electron chi connectivity index (χ4n) is 1.03. The third-order valence-corrected chi connectivity index (χ3v) is 2.88. The van der Waals surface area contributed by atoms with Gasteiger partial charge < -0.3 is 0 Å². The summed E-state index contributed by atoms with van der Waals surface area (Å²) in [5.41, 5.74) is 2.30. The van der Waals surface area contributed by atoms with Gasteiger partial charge in [0.15, 0.2) is 0 Å². The maximum absolute atomic E-state index is 5.66. The van der Waals surface area contributed by atoms with Crippen LogP contribution in [0.15, 0.2) is 40.8 Å². The number of hydrogen-bond acceptors (Lipinski definition) is 1. The molecule has 0 spiro atoms. The number of aryl methyl sites for hydroxylation is 1. The smallest absolute Gasteiger partial charge is 0.0334 e. The van der Waals surface area contributed by atoms with Crippen LogP contribution in [0.5, 0.6) is 0 Å². The van der Waals surface area contributed by atoms with Crippen molar-refractivity contribution in [1.29, 1.82) is 0 Å². The van der Waals surface area contributed by atoms with Crippen molar-refractivity contribution < 1.29 is 0 Å². The average Bonchev–Trinajstić information content (AvgIpc) is 2.16. The van der Waals surface area contributed by atoms with E-state index in [-0.39, 0.29) is 0 Å². The van der Waals surface area contributed by atoms with Gasteiger partial charge in [0.1, 0.15) is 0 Å². The van der Waals surface area contributed by atoms with Crippen molar-refractivity contribution in [3.63, 3.8) is 0 Å². The molecule has 0 aliphatic heterocycles. The van der Waals surface area contributed by atoms with Gasteiger partial charge in [-0.1, -0.05) is 30.3 Å². The lowest BCUT2D eigenvalue weighted by Gasteiger charge is -2.01. The first kappa shape index (κ1) is 11.7. The molecule has 0 bridgehead atoms. The van der Waals surface area contributed by atoms with E-state index in [1.807, 2.05) is 31.2 Å². The molecule has 0 radical (unpaired) electrons. The van der Waals surface area contributed by atoms with Gasteiger partial charge in [-0.3, -0.25) is 0 Å². The molecule has 1 rings (SSSR count). The largest absolute Gasteiger partial charge is 0.0850 e. The second kappa shape index (κ2) is 5.50. The Balaban J connectivity index is 3.00. The summed E-state index contributed by atoms with van der Waals surface area (Å²) in [6.45, 7) is 5.63. The van der Waals surface area contributed by atoms with Gasteiger partial charge >= 0.3 is 0 Å². The van der Waals surface area contributed by atoms with E-state index in [1.54, 1.807) is 6.08 Å². The maximum Gasteiger partial charge on any atom is 0.0334 e. The van der Waals surface area contributed by atoms with E-state index in [0.29, 0.717) is 5.03 Å². The molecule has 0 atom stereocenters. The molecule has 0 aliphatic carbocycles. The normalized spacial score (nSPS) is 10.8. The number of benzene rings is 1. The Kier molecular flexibility index (Phi) is 4.59. The van der Waals surface area contributed by atoms with Crippen molar-refractivity contribution in [1.82, 2.24) is 0 Å². The summed E-state index contributed by atoms with van der Waals surface area (Å²) in [6.07, 6.45) is 3.70. The third kappa shape index (κ3) is 3.41. The van der Waals surface area contributed by atoms with Crippen molar-refractivity contribution >= 4 is 39.3 Å². The molecule has 0 saturated heterocycles. The van der Waals surface area contributed by atoms with Crippen LogP contribution in [0, 0.1) is 6.92 Å². The Labute approximate surface area is 98.1 Å². The predicted octanol–water partition coefficient (Wildman–Crippen LogP) is 5.01. The molecule has 0 heterocycles. The number of allylic oxidation sites excluding steroid dienone is 2. The number of halogens is 2. The van der Waals surface area contributed by atoms with Crippen molar-refractivity contribution in [3.8, 4) is 0 Å². The van der Waals surface area contributed by atoms with Gasteiger partial charge in [0.05, 0.1) is 0 Å². The highest BCUT2D eigenvalue weighted by atomic mass is 35.7. The summed E-state index contributed by atoms with van der Waals surface area (Å²) in [7, 11) is 6.87. The minimum absolute atomic E-state index is 0.522. The van der Waals surface area contributed by atoms with Gasteiger partial charge in [0, 0.05) is 9.93 Å². The van der Waals surface area contributed by atoms with E-state index < -0.39 is 0 Å². The Morgan fingerprint density at radius 3 is 2.79 bits per heavy atom. The molecular weight excluding hydrogens is 235 g/mol. The Hall–Kier alpha value is -0.370. The van der Waals surface area contributed by atoms with Crippen LogP contribution in [-0.4, -0.2) is 0 Å². The van der Waals surface area contributed by atoms with Gasteiger partial charge in [0.2, 0.25) is 0 Å². The molecule has 0 aliphatic rings. The lowest BCUT2D eigenvalue weighted by molar-refractivity contribution is 1.36. The molecule has 0 saturated carbocycles. The van der Waals surface area contributed by atoms with Crippen LogP contribution in [0.4, 0.5) is 0 Å². The maximum atomic E-state index is 5.66. The van der Waals surface area contributed by atoms with Crippen molar-refractivity contribution in [2.75, 3.05) is 0 Å². The molecule has 0 unspecified atom stereocenters. The fraction of sp³-hybridized carbons (Fsp3) is 0.0909. The van der Waals surface area contributed by atoms with Gasteiger partial charge in [0.25, 0.3) is 0 Å². The molecular formula is C11H10Cl2S. The minimum Gasteiger partial charge on any atom is -0.0850 e. The molecule has 0 N–H and O–H groups in total. The Morgan fingerprint density at radius 1 is 1.50 bits per heavy atom. The van der Waals surface area contributed by atoms with Crippen LogP contribution in [-0.2, 0) is 0 Å². The summed E-state index contributed by atoms with van der Waals surface area (Å²) in [5, 5.41) is 0.522. The molecule has 0 fully saturated rings. The van der Waals surface area contributed by atoms with Crippen LogP contribution >= 0.6 is 33.3 Å². The molecule has 1 aromatic carbocycles. The van der Waals surface area contributed by atoms with Crippen LogP contribution in [0.2, 0.25) is 0 Å². The topological polar surface area (TPSA) is 0 Å². The quantitative estimate of drug-likeness (QED) is 0.675. The first-order chi connectivity index (χ1) is 6.63. The zero-order valence-corrected chi connectivity index (χ0v) is 10.1. The zero-order chi connectivity index (χ0) is 10.6. The minimum atomic E-state index is 0.522. The molecule has 74 valence electrons. The van der Waals surface area contributed by atoms with Crippen LogP contribution < -0.4 is 0 Å². The molecule has 0 amide bonds. The molecule has 14 heavy (non-hydrogen) atoms. The summed E-state index contributed by atoms with van der Waals surface area (Å²) >= 11 is 5.64. The second-order valence-corrected chi connectivity index (χ2v) is 4.45. The van der Waals surface area contributed by atoms with Gasteiger partial charge in [-0.15, -0.1) is 0 Å². The van der Waals surface area contributed by atoms with Crippen LogP contribution in [0.25, 0.3) is 6.08 Å². The number of rotatable bonds is 3. The van der Waals surface area contributed by atoms with Gasteiger partial charge in [-0.25, -0.2) is 0 Å². The van der Waals surface area contributed by atoms with Crippen LogP contribution in [0.3, 0.4) is 0 Å². The first-order valence-electron chi connectivity index (χ1n) is 4.05. The number of hydrogen-bond donors (Lipinski definition) is 0. The van der Waals surface area contributed by atoms with E-state index in [9.17, 15) is 0 Å². The van der Waals surface area contributed by atoms with Gasteiger partial charge in [-0.05, 0) is 57.9 Å². The highest BCUT2D eigenvalue weighted by Gasteiger charge is 1.97. The third-order valence-electron chi connectivity index (χ3n) is 1.78. The van der Waals surface area contributed by atoms with Crippen LogP contribution in [0.1, 0.15) is 11.1 Å². The van der Waals surface area contributed by atoms with Crippen molar-refractivity contribution in [2.24, 2.45) is 0 Å². The SMILES string of the molecule is C=C(Cl)/C=C\c1cc(SCl)ccc1C. The lowest BCUT2D eigenvalue weighted by Crippen LogP contribution is -1.80. The zero-order valence-electron chi connectivity index (χ0n) is 7.76. The average molecular weight is 245 g/mol. The van der Waals surface area contributed by atoms with E-state index in [2.05, 4.69) is 6.58 Å². The lowest BCUT2D eigenvalue weighted by atomic mass is 10.1. The van der Waals surface area contributed by atoms with Crippen molar-refractivity contribution in [3.05, 3.63) is 47.0 Å².